The summed E-state index contributed by atoms with van der Waals surface area (Å²) in [7, 11) is 0. The van der Waals surface area contributed by atoms with Crippen molar-refractivity contribution in [2.75, 3.05) is 0 Å². The van der Waals surface area contributed by atoms with E-state index in [1.807, 2.05) is 12.1 Å². The van der Waals surface area contributed by atoms with Crippen molar-refractivity contribution in [2.45, 2.75) is 51.9 Å². The van der Waals surface area contributed by atoms with Gasteiger partial charge in [0.1, 0.15) is 6.29 Å². The van der Waals surface area contributed by atoms with E-state index in [-0.39, 0.29) is 0 Å². The number of rotatable bonds is 5. The van der Waals surface area contributed by atoms with Crippen LogP contribution in [0, 0.1) is 11.8 Å². The monoisotopic (exact) mass is 244 g/mol. The minimum Gasteiger partial charge on any atom is -0.298 e. The van der Waals surface area contributed by atoms with Gasteiger partial charge in [0.2, 0.25) is 0 Å². The van der Waals surface area contributed by atoms with Gasteiger partial charge < -0.3 is 0 Å². The Morgan fingerprint density at radius 3 is 2.78 bits per heavy atom. The molecule has 1 aromatic rings. The van der Waals surface area contributed by atoms with E-state index in [4.69, 9.17) is 0 Å². The molecule has 1 aliphatic carbocycles. The maximum absolute atomic E-state index is 11.0. The van der Waals surface area contributed by atoms with Crippen molar-refractivity contribution in [2.24, 2.45) is 11.8 Å². The normalized spacial score (nSPS) is 23.8. The van der Waals surface area contributed by atoms with Gasteiger partial charge >= 0.3 is 0 Å². The van der Waals surface area contributed by atoms with E-state index >= 15 is 0 Å². The highest BCUT2D eigenvalue weighted by molar-refractivity contribution is 5.77. The standard InChI is InChI=1S/C17H24O/c1-2-6-14-7-5-8-15(11-14)12-16-9-3-4-10-17(16)13-18/h3-4,9-10,13-15H,2,5-8,11-12H2,1H3. The summed E-state index contributed by atoms with van der Waals surface area (Å²) in [6, 6.07) is 8.06. The van der Waals surface area contributed by atoms with Crippen LogP contribution in [0.2, 0.25) is 0 Å². The molecule has 0 N–H and O–H groups in total. The Morgan fingerprint density at radius 1 is 1.22 bits per heavy atom. The van der Waals surface area contributed by atoms with Gasteiger partial charge in [0.05, 0.1) is 0 Å². The van der Waals surface area contributed by atoms with Crippen LogP contribution in [0.3, 0.4) is 0 Å². The van der Waals surface area contributed by atoms with E-state index in [0.29, 0.717) is 0 Å². The van der Waals surface area contributed by atoms with E-state index in [0.717, 1.165) is 30.1 Å². The molecule has 0 bridgehead atoms. The molecule has 1 fully saturated rings. The summed E-state index contributed by atoms with van der Waals surface area (Å²) in [6.45, 7) is 2.28. The van der Waals surface area contributed by atoms with Crippen LogP contribution < -0.4 is 0 Å². The average Bonchev–Trinajstić information content (AvgIpc) is 2.40. The second kappa shape index (κ2) is 6.72. The SMILES string of the molecule is CCCC1CCCC(Cc2ccccc2C=O)C1. The van der Waals surface area contributed by atoms with Crippen molar-refractivity contribution >= 4 is 6.29 Å². The number of aldehydes is 1. The van der Waals surface area contributed by atoms with Crippen molar-refractivity contribution in [3.63, 3.8) is 0 Å². The molecule has 0 radical (unpaired) electrons. The zero-order chi connectivity index (χ0) is 12.8. The van der Waals surface area contributed by atoms with Crippen molar-refractivity contribution in [1.29, 1.82) is 0 Å². The van der Waals surface area contributed by atoms with E-state index < -0.39 is 0 Å². The molecule has 0 saturated heterocycles. The minimum absolute atomic E-state index is 0.788. The number of hydrogen-bond donors (Lipinski definition) is 0. The van der Waals surface area contributed by atoms with E-state index in [1.165, 1.54) is 44.1 Å². The highest BCUT2D eigenvalue weighted by Gasteiger charge is 2.22. The molecule has 2 rings (SSSR count). The molecule has 2 unspecified atom stereocenters. The molecule has 0 amide bonds. The fourth-order valence-corrected chi connectivity index (χ4v) is 3.40. The lowest BCUT2D eigenvalue weighted by molar-refractivity contribution is 0.112. The fraction of sp³-hybridized carbons (Fsp3) is 0.588. The quantitative estimate of drug-likeness (QED) is 0.689. The number of benzene rings is 1. The molecule has 0 heterocycles. The van der Waals surface area contributed by atoms with Crippen molar-refractivity contribution in [3.05, 3.63) is 35.4 Å². The van der Waals surface area contributed by atoms with E-state index in [9.17, 15) is 4.79 Å². The number of hydrogen-bond acceptors (Lipinski definition) is 1. The molecule has 1 nitrogen and oxygen atoms in total. The molecule has 1 saturated carbocycles. The fourth-order valence-electron chi connectivity index (χ4n) is 3.40. The lowest BCUT2D eigenvalue weighted by atomic mass is 9.76. The van der Waals surface area contributed by atoms with Crippen molar-refractivity contribution in [3.8, 4) is 0 Å². The topological polar surface area (TPSA) is 17.1 Å². The third kappa shape index (κ3) is 3.44. The van der Waals surface area contributed by atoms with Crippen LogP contribution in [-0.4, -0.2) is 6.29 Å². The molecule has 18 heavy (non-hydrogen) atoms. The van der Waals surface area contributed by atoms with Gasteiger partial charge in [-0.1, -0.05) is 63.3 Å². The second-order valence-electron chi connectivity index (χ2n) is 5.71. The van der Waals surface area contributed by atoms with E-state index in [2.05, 4.69) is 19.1 Å². The van der Waals surface area contributed by atoms with Crippen LogP contribution in [0.1, 0.15) is 61.4 Å². The average molecular weight is 244 g/mol. The van der Waals surface area contributed by atoms with Gasteiger partial charge in [-0.25, -0.2) is 0 Å². The molecular formula is C17H24O. The first-order valence-electron chi connectivity index (χ1n) is 7.36. The molecular weight excluding hydrogens is 220 g/mol. The molecule has 0 aromatic heterocycles. The lowest BCUT2D eigenvalue weighted by Crippen LogP contribution is -2.17. The summed E-state index contributed by atoms with van der Waals surface area (Å²) >= 11 is 0. The molecule has 1 aliphatic rings. The van der Waals surface area contributed by atoms with Crippen molar-refractivity contribution < 1.29 is 4.79 Å². The van der Waals surface area contributed by atoms with Crippen LogP contribution >= 0.6 is 0 Å². The van der Waals surface area contributed by atoms with Gasteiger partial charge in [-0.05, 0) is 30.2 Å². The van der Waals surface area contributed by atoms with Gasteiger partial charge in [0, 0.05) is 5.56 Å². The molecule has 1 aromatic carbocycles. The Morgan fingerprint density at radius 2 is 2.00 bits per heavy atom. The lowest BCUT2D eigenvalue weighted by Gasteiger charge is -2.29. The Balaban J connectivity index is 1.98. The van der Waals surface area contributed by atoms with Crippen LogP contribution in [0.15, 0.2) is 24.3 Å². The summed E-state index contributed by atoms with van der Waals surface area (Å²) in [5, 5.41) is 0. The zero-order valence-corrected chi connectivity index (χ0v) is 11.4. The van der Waals surface area contributed by atoms with Gasteiger partial charge in [0.25, 0.3) is 0 Å². The van der Waals surface area contributed by atoms with Crippen LogP contribution in [-0.2, 0) is 6.42 Å². The predicted octanol–water partition coefficient (Wildman–Crippen LogP) is 4.65. The highest BCUT2D eigenvalue weighted by Crippen LogP contribution is 2.34. The largest absolute Gasteiger partial charge is 0.298 e. The molecule has 0 aliphatic heterocycles. The maximum Gasteiger partial charge on any atom is 0.150 e. The Kier molecular flexibility index (Phi) is 4.98. The number of carbonyl (C=O) groups is 1. The minimum atomic E-state index is 0.788. The number of carbonyl (C=O) groups excluding carboxylic acids is 1. The Labute approximate surface area is 111 Å². The van der Waals surface area contributed by atoms with Crippen LogP contribution in [0.5, 0.6) is 0 Å². The van der Waals surface area contributed by atoms with Gasteiger partial charge in [-0.15, -0.1) is 0 Å². The zero-order valence-electron chi connectivity index (χ0n) is 11.4. The highest BCUT2D eigenvalue weighted by atomic mass is 16.1. The molecule has 98 valence electrons. The van der Waals surface area contributed by atoms with Crippen molar-refractivity contribution in [1.82, 2.24) is 0 Å². The molecule has 1 heteroatoms. The molecule has 0 spiro atoms. The van der Waals surface area contributed by atoms with Gasteiger partial charge in [-0.3, -0.25) is 4.79 Å². The first-order chi connectivity index (χ1) is 8.83. The summed E-state index contributed by atoms with van der Waals surface area (Å²) in [5.74, 6) is 1.72. The third-order valence-electron chi connectivity index (χ3n) is 4.28. The second-order valence-corrected chi connectivity index (χ2v) is 5.71. The predicted molar refractivity (Wildman–Crippen MR) is 75.9 cm³/mol. The smallest absolute Gasteiger partial charge is 0.150 e. The summed E-state index contributed by atoms with van der Waals surface area (Å²) in [4.78, 5) is 11.0. The summed E-state index contributed by atoms with van der Waals surface area (Å²) < 4.78 is 0. The van der Waals surface area contributed by atoms with Crippen LogP contribution in [0.25, 0.3) is 0 Å². The maximum atomic E-state index is 11.0. The van der Waals surface area contributed by atoms with Gasteiger partial charge in [0.15, 0.2) is 0 Å². The van der Waals surface area contributed by atoms with E-state index in [1.54, 1.807) is 0 Å². The van der Waals surface area contributed by atoms with Crippen LogP contribution in [0.4, 0.5) is 0 Å². The Bertz CT molecular complexity index is 381. The first kappa shape index (κ1) is 13.3. The summed E-state index contributed by atoms with van der Waals surface area (Å²) in [5.41, 5.74) is 2.13. The van der Waals surface area contributed by atoms with Gasteiger partial charge in [-0.2, -0.15) is 0 Å². The first-order valence-corrected chi connectivity index (χ1v) is 7.36. The molecule has 2 atom stereocenters. The summed E-state index contributed by atoms with van der Waals surface area (Å²) in [6.07, 6.45) is 10.3. The Hall–Kier alpha value is -1.11. The third-order valence-corrected chi connectivity index (χ3v) is 4.28.